The first-order valence-electron chi connectivity index (χ1n) is 5.90. The number of aryl methyl sites for hydroxylation is 3. The molecule has 17 heavy (non-hydrogen) atoms. The van der Waals surface area contributed by atoms with Crippen molar-refractivity contribution in [2.24, 2.45) is 0 Å². The van der Waals surface area contributed by atoms with E-state index in [0.717, 1.165) is 18.0 Å². The smallest absolute Gasteiger partial charge is 0.130 e. The van der Waals surface area contributed by atoms with E-state index < -0.39 is 0 Å². The summed E-state index contributed by atoms with van der Waals surface area (Å²) in [6.07, 6.45) is 3.69. The van der Waals surface area contributed by atoms with Crippen molar-refractivity contribution in [1.82, 2.24) is 9.55 Å². The summed E-state index contributed by atoms with van der Waals surface area (Å²) in [7, 11) is 0. The molecule has 0 N–H and O–H groups in total. The van der Waals surface area contributed by atoms with Crippen molar-refractivity contribution < 1.29 is 4.74 Å². The van der Waals surface area contributed by atoms with E-state index in [1.807, 2.05) is 18.6 Å². The fourth-order valence-electron chi connectivity index (χ4n) is 1.93. The molecule has 2 rings (SSSR count). The van der Waals surface area contributed by atoms with Gasteiger partial charge in [0.1, 0.15) is 12.4 Å². The molecule has 1 heterocycles. The molecular formula is C14H18N2O. The molecule has 90 valence electrons. The average molecular weight is 230 g/mol. The zero-order valence-electron chi connectivity index (χ0n) is 10.6. The van der Waals surface area contributed by atoms with E-state index in [-0.39, 0.29) is 0 Å². The Morgan fingerprint density at radius 2 is 1.94 bits per heavy atom. The molecule has 0 radical (unpaired) electrons. The fraction of sp³-hybridized carbons (Fsp3) is 0.357. The molecule has 0 saturated carbocycles. The van der Waals surface area contributed by atoms with E-state index in [2.05, 4.69) is 42.5 Å². The van der Waals surface area contributed by atoms with Crippen molar-refractivity contribution in [3.8, 4) is 5.75 Å². The normalized spacial score (nSPS) is 10.5. The average Bonchev–Trinajstić information content (AvgIpc) is 2.76. The van der Waals surface area contributed by atoms with Gasteiger partial charge < -0.3 is 9.30 Å². The molecule has 3 heteroatoms. The molecule has 0 unspecified atom stereocenters. The van der Waals surface area contributed by atoms with Crippen molar-refractivity contribution in [3.05, 3.63) is 47.5 Å². The van der Waals surface area contributed by atoms with Gasteiger partial charge in [0.05, 0.1) is 18.2 Å². The van der Waals surface area contributed by atoms with Gasteiger partial charge in [0.2, 0.25) is 0 Å². The molecule has 0 saturated heterocycles. The molecule has 0 spiro atoms. The molecule has 0 aliphatic rings. The molecule has 2 aromatic rings. The van der Waals surface area contributed by atoms with E-state index in [4.69, 9.17) is 4.74 Å². The summed E-state index contributed by atoms with van der Waals surface area (Å²) in [5.41, 5.74) is 3.45. The fourth-order valence-corrected chi connectivity index (χ4v) is 1.93. The molecule has 3 nitrogen and oxygen atoms in total. The maximum atomic E-state index is 5.89. The largest absolute Gasteiger partial charge is 0.487 e. The summed E-state index contributed by atoms with van der Waals surface area (Å²) >= 11 is 0. The second kappa shape index (κ2) is 5.04. The van der Waals surface area contributed by atoms with Gasteiger partial charge in [-0.25, -0.2) is 4.98 Å². The van der Waals surface area contributed by atoms with E-state index in [1.165, 1.54) is 11.1 Å². The molecule has 0 bridgehead atoms. The minimum atomic E-state index is 0.569. The van der Waals surface area contributed by atoms with E-state index in [0.29, 0.717) is 6.61 Å². The Morgan fingerprint density at radius 3 is 2.59 bits per heavy atom. The number of nitrogens with zero attached hydrogens (tertiary/aromatic N) is 2. The van der Waals surface area contributed by atoms with Crippen molar-refractivity contribution in [2.45, 2.75) is 33.9 Å². The van der Waals surface area contributed by atoms with Gasteiger partial charge in [0, 0.05) is 6.54 Å². The molecular weight excluding hydrogens is 212 g/mol. The highest BCUT2D eigenvalue weighted by atomic mass is 16.5. The molecule has 0 aliphatic carbocycles. The van der Waals surface area contributed by atoms with Gasteiger partial charge in [-0.15, -0.1) is 0 Å². The van der Waals surface area contributed by atoms with E-state index >= 15 is 0 Å². The Morgan fingerprint density at radius 1 is 1.24 bits per heavy atom. The lowest BCUT2D eigenvalue weighted by Gasteiger charge is -2.12. The van der Waals surface area contributed by atoms with Gasteiger partial charge in [-0.2, -0.15) is 0 Å². The highest BCUT2D eigenvalue weighted by Crippen LogP contribution is 2.23. The number of benzene rings is 1. The summed E-state index contributed by atoms with van der Waals surface area (Å²) in [5.74, 6) is 0.983. The summed E-state index contributed by atoms with van der Waals surface area (Å²) in [6, 6.07) is 6.19. The van der Waals surface area contributed by atoms with Crippen LogP contribution in [-0.2, 0) is 13.2 Å². The van der Waals surface area contributed by atoms with Crippen LogP contribution in [0.15, 0.2) is 30.7 Å². The first-order chi connectivity index (χ1) is 8.22. The third-order valence-corrected chi connectivity index (χ3v) is 2.91. The Balaban J connectivity index is 2.13. The Labute approximate surface area is 102 Å². The third kappa shape index (κ3) is 2.49. The first-order valence-corrected chi connectivity index (χ1v) is 5.90. The summed E-state index contributed by atoms with van der Waals surface area (Å²) in [5, 5.41) is 0. The topological polar surface area (TPSA) is 27.1 Å². The number of aromatic nitrogens is 2. The van der Waals surface area contributed by atoms with Crippen LogP contribution in [0.5, 0.6) is 5.75 Å². The van der Waals surface area contributed by atoms with Crippen molar-refractivity contribution in [1.29, 1.82) is 0 Å². The summed E-state index contributed by atoms with van der Waals surface area (Å²) < 4.78 is 7.98. The molecule has 1 aromatic carbocycles. The van der Waals surface area contributed by atoms with Gasteiger partial charge >= 0.3 is 0 Å². The predicted molar refractivity (Wildman–Crippen MR) is 68.1 cm³/mol. The number of hydrogen-bond acceptors (Lipinski definition) is 2. The van der Waals surface area contributed by atoms with Crippen LogP contribution in [0.2, 0.25) is 0 Å². The number of rotatable bonds is 4. The number of hydrogen-bond donors (Lipinski definition) is 0. The Bertz CT molecular complexity index is 482. The SMILES string of the molecule is CCn1cncc1COc1c(C)cccc1C. The van der Waals surface area contributed by atoms with Crippen molar-refractivity contribution in [3.63, 3.8) is 0 Å². The summed E-state index contributed by atoms with van der Waals surface area (Å²) in [4.78, 5) is 4.13. The minimum Gasteiger partial charge on any atom is -0.487 e. The molecule has 0 amide bonds. The number of ether oxygens (including phenoxy) is 1. The predicted octanol–water partition coefficient (Wildman–Crippen LogP) is 3.10. The first kappa shape index (κ1) is 11.7. The van der Waals surface area contributed by atoms with Gasteiger partial charge in [-0.3, -0.25) is 0 Å². The van der Waals surface area contributed by atoms with Crippen molar-refractivity contribution in [2.75, 3.05) is 0 Å². The number of imidazole rings is 1. The minimum absolute atomic E-state index is 0.569. The van der Waals surface area contributed by atoms with Gasteiger partial charge in [-0.05, 0) is 31.9 Å². The third-order valence-electron chi connectivity index (χ3n) is 2.91. The molecule has 0 aliphatic heterocycles. The van der Waals surface area contributed by atoms with E-state index in [9.17, 15) is 0 Å². The van der Waals surface area contributed by atoms with Crippen LogP contribution in [0, 0.1) is 13.8 Å². The van der Waals surface area contributed by atoms with Crippen LogP contribution >= 0.6 is 0 Å². The lowest BCUT2D eigenvalue weighted by atomic mass is 10.1. The maximum absolute atomic E-state index is 5.89. The van der Waals surface area contributed by atoms with Gasteiger partial charge in [-0.1, -0.05) is 18.2 Å². The lowest BCUT2D eigenvalue weighted by Crippen LogP contribution is -2.05. The van der Waals surface area contributed by atoms with Gasteiger partial charge in [0.15, 0.2) is 0 Å². The standard InChI is InChI=1S/C14H18N2O/c1-4-16-10-15-8-13(16)9-17-14-11(2)6-5-7-12(14)3/h5-8,10H,4,9H2,1-3H3. The van der Waals surface area contributed by atoms with Crippen LogP contribution in [-0.4, -0.2) is 9.55 Å². The highest BCUT2D eigenvalue weighted by molar-refractivity contribution is 5.39. The van der Waals surface area contributed by atoms with Gasteiger partial charge in [0.25, 0.3) is 0 Å². The van der Waals surface area contributed by atoms with Crippen LogP contribution in [0.4, 0.5) is 0 Å². The van der Waals surface area contributed by atoms with Crippen LogP contribution < -0.4 is 4.74 Å². The van der Waals surface area contributed by atoms with Crippen molar-refractivity contribution >= 4 is 0 Å². The second-order valence-corrected chi connectivity index (χ2v) is 4.18. The zero-order valence-corrected chi connectivity index (χ0v) is 10.6. The van der Waals surface area contributed by atoms with Crippen LogP contribution in [0.3, 0.4) is 0 Å². The Hall–Kier alpha value is -1.77. The van der Waals surface area contributed by atoms with E-state index in [1.54, 1.807) is 0 Å². The quantitative estimate of drug-likeness (QED) is 0.807. The lowest BCUT2D eigenvalue weighted by molar-refractivity contribution is 0.291. The molecule has 0 atom stereocenters. The molecule has 0 fully saturated rings. The number of para-hydroxylation sites is 1. The summed E-state index contributed by atoms with van der Waals surface area (Å²) in [6.45, 7) is 7.73. The van der Waals surface area contributed by atoms with Crippen LogP contribution in [0.25, 0.3) is 0 Å². The highest BCUT2D eigenvalue weighted by Gasteiger charge is 2.05. The van der Waals surface area contributed by atoms with Crippen LogP contribution in [0.1, 0.15) is 23.7 Å². The molecule has 1 aromatic heterocycles. The zero-order chi connectivity index (χ0) is 12.3. The Kier molecular flexibility index (Phi) is 3.47. The second-order valence-electron chi connectivity index (χ2n) is 4.18. The maximum Gasteiger partial charge on any atom is 0.130 e. The monoisotopic (exact) mass is 230 g/mol.